The van der Waals surface area contributed by atoms with Gasteiger partial charge in [-0.15, -0.1) is 0 Å². The van der Waals surface area contributed by atoms with Crippen LogP contribution in [0.25, 0.3) is 0 Å². The number of hydrogen-bond donors (Lipinski definition) is 1. The SMILES string of the molecule is N#CC1CC(CO)C1. The molecule has 2 nitrogen and oxygen atoms in total. The second kappa shape index (κ2) is 2.15. The Balaban J connectivity index is 2.14. The van der Waals surface area contributed by atoms with Crippen LogP contribution < -0.4 is 0 Å². The predicted octanol–water partition coefficient (Wildman–Crippen LogP) is 0.528. The van der Waals surface area contributed by atoms with Crippen molar-refractivity contribution in [2.45, 2.75) is 12.8 Å². The van der Waals surface area contributed by atoms with Gasteiger partial charge in [0.25, 0.3) is 0 Å². The first kappa shape index (κ1) is 5.58. The number of rotatable bonds is 1. The molecule has 1 N–H and O–H groups in total. The van der Waals surface area contributed by atoms with E-state index in [1.807, 2.05) is 0 Å². The molecule has 0 unspecified atom stereocenters. The molecule has 0 radical (unpaired) electrons. The Morgan fingerprint density at radius 2 is 2.25 bits per heavy atom. The summed E-state index contributed by atoms with van der Waals surface area (Å²) in [5.74, 6) is 0.673. The molecule has 1 rings (SSSR count). The zero-order valence-corrected chi connectivity index (χ0v) is 4.67. The van der Waals surface area contributed by atoms with Crippen molar-refractivity contribution < 1.29 is 5.11 Å². The van der Waals surface area contributed by atoms with Crippen molar-refractivity contribution in [3.05, 3.63) is 0 Å². The van der Waals surface area contributed by atoms with Crippen molar-refractivity contribution >= 4 is 0 Å². The molecule has 0 aromatic rings. The quantitative estimate of drug-likeness (QED) is 0.536. The van der Waals surface area contributed by atoms with Crippen molar-refractivity contribution in [1.29, 1.82) is 5.26 Å². The summed E-state index contributed by atoms with van der Waals surface area (Å²) >= 11 is 0. The Morgan fingerprint density at radius 3 is 2.62 bits per heavy atom. The van der Waals surface area contributed by atoms with Crippen LogP contribution >= 0.6 is 0 Å². The fourth-order valence-electron chi connectivity index (χ4n) is 0.990. The highest BCUT2D eigenvalue weighted by Crippen LogP contribution is 2.31. The molecule has 0 atom stereocenters. The molecule has 1 aliphatic carbocycles. The molecular formula is C6H9NO. The summed E-state index contributed by atoms with van der Waals surface area (Å²) in [5.41, 5.74) is 0. The van der Waals surface area contributed by atoms with Gasteiger partial charge < -0.3 is 5.11 Å². The summed E-state index contributed by atoms with van der Waals surface area (Å²) in [5, 5.41) is 16.8. The summed E-state index contributed by atoms with van der Waals surface area (Å²) < 4.78 is 0. The van der Waals surface area contributed by atoms with Crippen molar-refractivity contribution in [2.24, 2.45) is 11.8 Å². The van der Waals surface area contributed by atoms with E-state index in [9.17, 15) is 0 Å². The number of aliphatic hydroxyl groups is 1. The van der Waals surface area contributed by atoms with E-state index < -0.39 is 0 Å². The van der Waals surface area contributed by atoms with E-state index >= 15 is 0 Å². The highest BCUT2D eigenvalue weighted by molar-refractivity contribution is 4.93. The largest absolute Gasteiger partial charge is 0.396 e. The zero-order chi connectivity index (χ0) is 5.98. The molecule has 0 heterocycles. The Bertz CT molecular complexity index is 110. The Morgan fingerprint density at radius 1 is 1.62 bits per heavy atom. The first-order valence-corrected chi connectivity index (χ1v) is 2.87. The van der Waals surface area contributed by atoms with Crippen LogP contribution in [0.5, 0.6) is 0 Å². The second-order valence-corrected chi connectivity index (χ2v) is 2.35. The maximum absolute atomic E-state index is 8.49. The smallest absolute Gasteiger partial charge is 0.0656 e. The van der Waals surface area contributed by atoms with E-state index in [4.69, 9.17) is 10.4 Å². The van der Waals surface area contributed by atoms with Crippen LogP contribution in [-0.4, -0.2) is 11.7 Å². The Kier molecular flexibility index (Phi) is 1.50. The molecule has 0 aromatic carbocycles. The summed E-state index contributed by atoms with van der Waals surface area (Å²) in [7, 11) is 0. The molecule has 0 amide bonds. The number of nitriles is 1. The first-order chi connectivity index (χ1) is 3.86. The zero-order valence-electron chi connectivity index (χ0n) is 4.67. The monoisotopic (exact) mass is 111 g/mol. The molecule has 0 bridgehead atoms. The van der Waals surface area contributed by atoms with Crippen LogP contribution in [0.4, 0.5) is 0 Å². The average Bonchev–Trinajstić information content (AvgIpc) is 1.65. The van der Waals surface area contributed by atoms with Crippen LogP contribution in [-0.2, 0) is 0 Å². The molecule has 44 valence electrons. The highest BCUT2D eigenvalue weighted by atomic mass is 16.3. The van der Waals surface area contributed by atoms with Crippen LogP contribution in [0.2, 0.25) is 0 Å². The molecule has 0 aliphatic heterocycles. The number of nitrogens with zero attached hydrogens (tertiary/aromatic N) is 1. The Labute approximate surface area is 48.7 Å². The van der Waals surface area contributed by atoms with E-state index in [1.165, 1.54) is 0 Å². The van der Waals surface area contributed by atoms with E-state index in [2.05, 4.69) is 6.07 Å². The fourth-order valence-corrected chi connectivity index (χ4v) is 0.990. The molecule has 8 heavy (non-hydrogen) atoms. The minimum Gasteiger partial charge on any atom is -0.396 e. The van der Waals surface area contributed by atoms with Crippen molar-refractivity contribution in [3.63, 3.8) is 0 Å². The molecule has 1 saturated carbocycles. The molecule has 0 saturated heterocycles. The maximum atomic E-state index is 8.49. The van der Waals surface area contributed by atoms with E-state index in [0.29, 0.717) is 5.92 Å². The molecule has 0 spiro atoms. The molecule has 1 aliphatic rings. The van der Waals surface area contributed by atoms with E-state index in [1.54, 1.807) is 0 Å². The predicted molar refractivity (Wildman–Crippen MR) is 28.9 cm³/mol. The van der Waals surface area contributed by atoms with Gasteiger partial charge in [0.1, 0.15) is 0 Å². The molecule has 2 heteroatoms. The average molecular weight is 111 g/mol. The van der Waals surface area contributed by atoms with Crippen LogP contribution in [0.3, 0.4) is 0 Å². The third-order valence-electron chi connectivity index (χ3n) is 1.68. The normalized spacial score (nSPS) is 35.5. The Hall–Kier alpha value is -0.550. The summed E-state index contributed by atoms with van der Waals surface area (Å²) in [4.78, 5) is 0. The topological polar surface area (TPSA) is 44.0 Å². The number of aliphatic hydroxyl groups excluding tert-OH is 1. The molecule has 1 fully saturated rings. The minimum absolute atomic E-state index is 0.243. The lowest BCUT2D eigenvalue weighted by Crippen LogP contribution is -2.24. The summed E-state index contributed by atoms with van der Waals surface area (Å²) in [6, 6.07) is 2.15. The lowest BCUT2D eigenvalue weighted by Gasteiger charge is -2.28. The van der Waals surface area contributed by atoms with E-state index in [0.717, 1.165) is 12.8 Å². The second-order valence-electron chi connectivity index (χ2n) is 2.35. The third-order valence-corrected chi connectivity index (χ3v) is 1.68. The van der Waals surface area contributed by atoms with Gasteiger partial charge in [-0.25, -0.2) is 0 Å². The summed E-state index contributed by atoms with van der Waals surface area (Å²) in [6.07, 6.45) is 1.82. The van der Waals surface area contributed by atoms with Gasteiger partial charge in [0.05, 0.1) is 6.07 Å². The number of hydrogen-bond acceptors (Lipinski definition) is 2. The van der Waals surface area contributed by atoms with Crippen molar-refractivity contribution in [2.75, 3.05) is 6.61 Å². The van der Waals surface area contributed by atoms with Gasteiger partial charge in [-0.3, -0.25) is 0 Å². The summed E-state index contributed by atoms with van der Waals surface area (Å²) in [6.45, 7) is 0.262. The highest BCUT2D eigenvalue weighted by Gasteiger charge is 2.27. The van der Waals surface area contributed by atoms with Gasteiger partial charge in [-0.05, 0) is 18.8 Å². The van der Waals surface area contributed by atoms with Gasteiger partial charge in [0.15, 0.2) is 0 Å². The minimum atomic E-state index is 0.243. The fraction of sp³-hybridized carbons (Fsp3) is 0.833. The lowest BCUT2D eigenvalue weighted by atomic mass is 9.76. The van der Waals surface area contributed by atoms with Gasteiger partial charge in [-0.2, -0.15) is 5.26 Å². The maximum Gasteiger partial charge on any atom is 0.0656 e. The van der Waals surface area contributed by atoms with Crippen molar-refractivity contribution in [3.8, 4) is 6.07 Å². The first-order valence-electron chi connectivity index (χ1n) is 2.87. The standard InChI is InChI=1S/C6H9NO/c7-3-5-1-6(2-5)4-8/h5-6,8H,1-2,4H2. The molecule has 0 aromatic heterocycles. The van der Waals surface area contributed by atoms with Gasteiger partial charge >= 0.3 is 0 Å². The van der Waals surface area contributed by atoms with Crippen LogP contribution in [0.15, 0.2) is 0 Å². The van der Waals surface area contributed by atoms with Crippen LogP contribution in [0.1, 0.15) is 12.8 Å². The van der Waals surface area contributed by atoms with Gasteiger partial charge in [0, 0.05) is 12.5 Å². The van der Waals surface area contributed by atoms with E-state index in [-0.39, 0.29) is 12.5 Å². The lowest BCUT2D eigenvalue weighted by molar-refractivity contribution is 0.133. The van der Waals surface area contributed by atoms with Gasteiger partial charge in [0.2, 0.25) is 0 Å². The third kappa shape index (κ3) is 0.823. The van der Waals surface area contributed by atoms with Crippen molar-refractivity contribution in [1.82, 2.24) is 0 Å². The van der Waals surface area contributed by atoms with Gasteiger partial charge in [-0.1, -0.05) is 0 Å². The van der Waals surface area contributed by atoms with Crippen LogP contribution in [0, 0.1) is 23.2 Å². The molecular weight excluding hydrogens is 102 g/mol.